The van der Waals surface area contributed by atoms with Gasteiger partial charge in [-0.05, 0) is 55.0 Å². The van der Waals surface area contributed by atoms with Gasteiger partial charge in [-0.1, -0.05) is 47.5 Å². The monoisotopic (exact) mass is 495 g/mol. The molecule has 1 heterocycles. The van der Waals surface area contributed by atoms with Crippen LogP contribution in [0, 0.1) is 6.92 Å². The highest BCUT2D eigenvalue weighted by molar-refractivity contribution is 6.53. The average Bonchev–Trinajstić information content (AvgIpc) is 3.03. The molecule has 4 rings (SSSR count). The number of hydrogen-bond acceptors (Lipinski definition) is 5. The van der Waals surface area contributed by atoms with Crippen LogP contribution in [0.2, 0.25) is 5.02 Å². The van der Waals surface area contributed by atoms with Gasteiger partial charge in [0.15, 0.2) is 0 Å². The van der Waals surface area contributed by atoms with Crippen molar-refractivity contribution in [2.24, 2.45) is 0 Å². The van der Waals surface area contributed by atoms with Crippen molar-refractivity contribution in [3.05, 3.63) is 93.6 Å². The molecule has 1 aliphatic heterocycles. The van der Waals surface area contributed by atoms with Crippen molar-refractivity contribution in [3.63, 3.8) is 0 Å². The highest BCUT2D eigenvalue weighted by Gasteiger charge is 2.40. The number of methoxy groups -OCH3 is 1. The van der Waals surface area contributed by atoms with E-state index in [0.29, 0.717) is 22.0 Å². The molecule has 0 unspecified atom stereocenters. The summed E-state index contributed by atoms with van der Waals surface area (Å²) in [6.07, 6.45) is 0. The zero-order valence-electron chi connectivity index (χ0n) is 18.2. The number of carbonyl (C=O) groups is 3. The van der Waals surface area contributed by atoms with E-state index in [1.54, 1.807) is 42.5 Å². The third-order valence-corrected chi connectivity index (χ3v) is 5.78. The molecule has 0 saturated heterocycles. The van der Waals surface area contributed by atoms with Crippen LogP contribution >= 0.6 is 23.2 Å². The van der Waals surface area contributed by atoms with Gasteiger partial charge >= 0.3 is 0 Å². The Kier molecular flexibility index (Phi) is 6.58. The largest absolute Gasteiger partial charge is 0.495 e. The van der Waals surface area contributed by atoms with E-state index < -0.39 is 11.8 Å². The van der Waals surface area contributed by atoms with E-state index in [0.717, 1.165) is 10.5 Å². The second-order valence-corrected chi connectivity index (χ2v) is 8.24. The molecule has 0 atom stereocenters. The van der Waals surface area contributed by atoms with Crippen molar-refractivity contribution in [3.8, 4) is 5.75 Å². The summed E-state index contributed by atoms with van der Waals surface area (Å²) >= 11 is 12.3. The normalized spacial score (nSPS) is 13.4. The van der Waals surface area contributed by atoms with E-state index in [1.165, 1.54) is 13.2 Å². The number of anilines is 3. The van der Waals surface area contributed by atoms with Crippen LogP contribution in [-0.4, -0.2) is 24.8 Å². The zero-order valence-corrected chi connectivity index (χ0v) is 19.7. The van der Waals surface area contributed by atoms with Crippen molar-refractivity contribution >= 4 is 58.0 Å². The molecule has 0 bridgehead atoms. The SMILES string of the molecule is COc1ccc(Cl)cc1N1C(=O)C(Cl)=C(Nc2cccc(C(=O)Nc3ccccc3C)c2)C1=O. The van der Waals surface area contributed by atoms with Gasteiger partial charge in [0.05, 0.1) is 12.8 Å². The first-order chi connectivity index (χ1) is 16.3. The zero-order chi connectivity index (χ0) is 24.4. The number of amides is 3. The number of benzene rings is 3. The van der Waals surface area contributed by atoms with Gasteiger partial charge in [0.2, 0.25) is 0 Å². The smallest absolute Gasteiger partial charge is 0.283 e. The van der Waals surface area contributed by atoms with Crippen LogP contribution in [-0.2, 0) is 9.59 Å². The molecule has 0 aliphatic carbocycles. The van der Waals surface area contributed by atoms with E-state index in [2.05, 4.69) is 10.6 Å². The molecule has 0 saturated carbocycles. The van der Waals surface area contributed by atoms with Gasteiger partial charge in [0.1, 0.15) is 16.5 Å². The van der Waals surface area contributed by atoms with Gasteiger partial charge in [-0.2, -0.15) is 0 Å². The Morgan fingerprint density at radius 1 is 0.941 bits per heavy atom. The first-order valence-corrected chi connectivity index (χ1v) is 10.9. The maximum Gasteiger partial charge on any atom is 0.283 e. The molecule has 0 fully saturated rings. The van der Waals surface area contributed by atoms with Gasteiger partial charge in [-0.25, -0.2) is 4.90 Å². The van der Waals surface area contributed by atoms with Crippen LogP contribution in [0.15, 0.2) is 77.5 Å². The lowest BCUT2D eigenvalue weighted by molar-refractivity contribution is -0.120. The first-order valence-electron chi connectivity index (χ1n) is 10.2. The molecule has 1 aliphatic rings. The Morgan fingerprint density at radius 2 is 1.71 bits per heavy atom. The number of halogens is 2. The van der Waals surface area contributed by atoms with Crippen molar-refractivity contribution in [1.29, 1.82) is 0 Å². The number of aryl methyl sites for hydroxylation is 1. The number of nitrogens with one attached hydrogen (secondary N) is 2. The summed E-state index contributed by atoms with van der Waals surface area (Å²) in [6, 6.07) is 18.5. The van der Waals surface area contributed by atoms with Gasteiger partial charge in [0, 0.05) is 22.0 Å². The lowest BCUT2D eigenvalue weighted by Gasteiger charge is -2.18. The molecular formula is C25H19Cl2N3O4. The van der Waals surface area contributed by atoms with Crippen LogP contribution in [0.4, 0.5) is 17.1 Å². The lowest BCUT2D eigenvalue weighted by Crippen LogP contribution is -2.32. The summed E-state index contributed by atoms with van der Waals surface area (Å²) in [6.45, 7) is 1.89. The standard InChI is InChI=1S/C25H19Cl2N3O4/c1-14-6-3-4-9-18(14)29-23(31)15-7-5-8-17(12-15)28-22-21(27)24(32)30(25(22)33)19-13-16(26)10-11-20(19)34-2/h3-13,28H,1-2H3,(H,29,31). The minimum absolute atomic E-state index is 0.120. The molecule has 0 aromatic heterocycles. The molecule has 3 aromatic carbocycles. The number of nitrogens with zero attached hydrogens (tertiary/aromatic N) is 1. The fraction of sp³-hybridized carbons (Fsp3) is 0.0800. The number of ether oxygens (including phenoxy) is 1. The Labute approximate surface area is 205 Å². The Hall–Kier alpha value is -3.81. The quantitative estimate of drug-likeness (QED) is 0.450. The van der Waals surface area contributed by atoms with Gasteiger partial charge in [0.25, 0.3) is 17.7 Å². The number of para-hydroxylation sites is 1. The summed E-state index contributed by atoms with van der Waals surface area (Å²) in [5, 5.41) is 5.76. The van der Waals surface area contributed by atoms with Crippen LogP contribution in [0.5, 0.6) is 5.75 Å². The van der Waals surface area contributed by atoms with Gasteiger partial charge in [-0.3, -0.25) is 14.4 Å². The molecule has 34 heavy (non-hydrogen) atoms. The van der Waals surface area contributed by atoms with Gasteiger partial charge < -0.3 is 15.4 Å². The van der Waals surface area contributed by atoms with Crippen LogP contribution in [0.3, 0.4) is 0 Å². The van der Waals surface area contributed by atoms with Crippen molar-refractivity contribution in [2.45, 2.75) is 6.92 Å². The molecule has 2 N–H and O–H groups in total. The topological polar surface area (TPSA) is 87.7 Å². The molecule has 0 radical (unpaired) electrons. The third-order valence-electron chi connectivity index (χ3n) is 5.20. The van der Waals surface area contributed by atoms with E-state index in [4.69, 9.17) is 27.9 Å². The van der Waals surface area contributed by atoms with Crippen molar-refractivity contribution < 1.29 is 19.1 Å². The third kappa shape index (κ3) is 4.48. The molecule has 9 heteroatoms. The number of carbonyl (C=O) groups excluding carboxylic acids is 3. The fourth-order valence-electron chi connectivity index (χ4n) is 3.46. The van der Waals surface area contributed by atoms with Crippen molar-refractivity contribution in [2.75, 3.05) is 22.6 Å². The number of imide groups is 1. The lowest BCUT2D eigenvalue weighted by atomic mass is 10.1. The maximum absolute atomic E-state index is 13.1. The predicted molar refractivity (Wildman–Crippen MR) is 133 cm³/mol. The summed E-state index contributed by atoms with van der Waals surface area (Å²) in [5.74, 6) is -1.43. The van der Waals surface area contributed by atoms with Crippen LogP contribution in [0.25, 0.3) is 0 Å². The van der Waals surface area contributed by atoms with E-state index in [1.807, 2.05) is 25.1 Å². The van der Waals surface area contributed by atoms with Crippen molar-refractivity contribution in [1.82, 2.24) is 0 Å². The maximum atomic E-state index is 13.1. The minimum atomic E-state index is -0.719. The number of rotatable bonds is 6. The Bertz CT molecular complexity index is 1350. The predicted octanol–water partition coefficient (Wildman–Crippen LogP) is 5.35. The first kappa shape index (κ1) is 23.4. The van der Waals surface area contributed by atoms with E-state index in [-0.39, 0.29) is 28.1 Å². The van der Waals surface area contributed by atoms with Gasteiger partial charge in [-0.15, -0.1) is 0 Å². The molecule has 7 nitrogen and oxygen atoms in total. The molecule has 3 amide bonds. The minimum Gasteiger partial charge on any atom is -0.495 e. The molecule has 0 spiro atoms. The summed E-state index contributed by atoms with van der Waals surface area (Å²) in [7, 11) is 1.42. The second kappa shape index (κ2) is 9.59. The summed E-state index contributed by atoms with van der Waals surface area (Å²) in [5.41, 5.74) is 2.44. The molecule has 172 valence electrons. The van der Waals surface area contributed by atoms with Crippen LogP contribution < -0.4 is 20.3 Å². The Morgan fingerprint density at radius 3 is 2.44 bits per heavy atom. The highest BCUT2D eigenvalue weighted by atomic mass is 35.5. The summed E-state index contributed by atoms with van der Waals surface area (Å²) < 4.78 is 5.27. The highest BCUT2D eigenvalue weighted by Crippen LogP contribution is 2.37. The van der Waals surface area contributed by atoms with E-state index >= 15 is 0 Å². The average molecular weight is 496 g/mol. The van der Waals surface area contributed by atoms with Crippen LogP contribution in [0.1, 0.15) is 15.9 Å². The van der Waals surface area contributed by atoms with E-state index in [9.17, 15) is 14.4 Å². The summed E-state index contributed by atoms with van der Waals surface area (Å²) in [4.78, 5) is 39.6. The Balaban J connectivity index is 1.58. The molecule has 3 aromatic rings. The number of hydrogen-bond donors (Lipinski definition) is 2. The fourth-order valence-corrected chi connectivity index (χ4v) is 3.84. The second-order valence-electron chi connectivity index (χ2n) is 7.43. The molecular weight excluding hydrogens is 477 g/mol.